The Kier molecular flexibility index (Phi) is 3.27. The Bertz CT molecular complexity index is 436. The van der Waals surface area contributed by atoms with E-state index in [0.717, 1.165) is 11.5 Å². The Hall–Kier alpha value is -1.02. The van der Waals surface area contributed by atoms with Crippen LogP contribution < -0.4 is 5.32 Å². The third-order valence-corrected chi connectivity index (χ3v) is 2.66. The highest BCUT2D eigenvalue weighted by Crippen LogP contribution is 2.11. The average molecular weight is 315 g/mol. The molecule has 0 bridgehead atoms. The summed E-state index contributed by atoms with van der Waals surface area (Å²) in [6.45, 7) is 0.652. The van der Waals surface area contributed by atoms with E-state index in [0.29, 0.717) is 6.54 Å². The zero-order valence-corrected chi connectivity index (χ0v) is 10.3. The molecule has 0 fully saturated rings. The molecule has 1 aromatic heterocycles. The van der Waals surface area contributed by atoms with Gasteiger partial charge in [-0.3, -0.25) is 0 Å². The summed E-state index contributed by atoms with van der Waals surface area (Å²) in [7, 11) is 1.87. The number of rotatable bonds is 3. The van der Waals surface area contributed by atoms with Crippen LogP contribution in [0.1, 0.15) is 5.82 Å². The Morgan fingerprint density at radius 1 is 1.33 bits per heavy atom. The smallest absolute Gasteiger partial charge is 0.170 e. The van der Waals surface area contributed by atoms with E-state index < -0.39 is 0 Å². The van der Waals surface area contributed by atoms with Gasteiger partial charge in [0.1, 0.15) is 0 Å². The Balaban J connectivity index is 2.36. The minimum Gasteiger partial charge on any atom is -0.313 e. The van der Waals surface area contributed by atoms with Gasteiger partial charge in [-0.2, -0.15) is 4.68 Å². The first-order valence-corrected chi connectivity index (χ1v) is 5.57. The van der Waals surface area contributed by atoms with Gasteiger partial charge in [0.15, 0.2) is 5.82 Å². The standard InChI is InChI=1S/C9H10IN5/c1-11-6-9-12-13-14-15(9)8-4-2-7(10)3-5-8/h2-5,11H,6H2,1H3. The van der Waals surface area contributed by atoms with Gasteiger partial charge >= 0.3 is 0 Å². The van der Waals surface area contributed by atoms with Crippen LogP contribution in [0.25, 0.3) is 5.69 Å². The molecule has 2 rings (SSSR count). The quantitative estimate of drug-likeness (QED) is 0.858. The highest BCUT2D eigenvalue weighted by atomic mass is 127. The Morgan fingerprint density at radius 2 is 2.07 bits per heavy atom. The van der Waals surface area contributed by atoms with E-state index in [-0.39, 0.29) is 0 Å². The molecule has 78 valence electrons. The van der Waals surface area contributed by atoms with E-state index in [1.54, 1.807) is 4.68 Å². The van der Waals surface area contributed by atoms with Crippen molar-refractivity contribution in [2.45, 2.75) is 6.54 Å². The fourth-order valence-corrected chi connectivity index (χ4v) is 1.62. The maximum absolute atomic E-state index is 3.95. The lowest BCUT2D eigenvalue weighted by atomic mass is 10.3. The predicted molar refractivity (Wildman–Crippen MR) is 64.6 cm³/mol. The van der Waals surface area contributed by atoms with Gasteiger partial charge in [-0.05, 0) is 64.3 Å². The van der Waals surface area contributed by atoms with E-state index in [2.05, 4.69) is 43.4 Å². The van der Waals surface area contributed by atoms with Gasteiger partial charge in [-0.1, -0.05) is 0 Å². The first-order valence-electron chi connectivity index (χ1n) is 4.49. The zero-order valence-electron chi connectivity index (χ0n) is 8.18. The van der Waals surface area contributed by atoms with Crippen LogP contribution in [0.5, 0.6) is 0 Å². The van der Waals surface area contributed by atoms with Crippen LogP contribution in [0.2, 0.25) is 0 Å². The molecule has 0 saturated carbocycles. The SMILES string of the molecule is CNCc1nnnn1-c1ccc(I)cc1. The molecule has 0 unspecified atom stereocenters. The van der Waals surface area contributed by atoms with Crippen LogP contribution in [-0.2, 0) is 6.54 Å². The van der Waals surface area contributed by atoms with Crippen molar-refractivity contribution in [3.8, 4) is 5.69 Å². The lowest BCUT2D eigenvalue weighted by Gasteiger charge is -2.03. The minimum absolute atomic E-state index is 0.652. The summed E-state index contributed by atoms with van der Waals surface area (Å²) in [4.78, 5) is 0. The van der Waals surface area contributed by atoms with Gasteiger partial charge in [-0.25, -0.2) is 0 Å². The van der Waals surface area contributed by atoms with Crippen LogP contribution in [0.15, 0.2) is 24.3 Å². The maximum Gasteiger partial charge on any atom is 0.170 e. The average Bonchev–Trinajstić information content (AvgIpc) is 2.68. The molecule has 1 N–H and O–H groups in total. The zero-order chi connectivity index (χ0) is 10.7. The molecule has 15 heavy (non-hydrogen) atoms. The minimum atomic E-state index is 0.652. The van der Waals surface area contributed by atoms with Crippen LogP contribution in [0, 0.1) is 3.57 Å². The van der Waals surface area contributed by atoms with Crippen molar-refractivity contribution >= 4 is 22.6 Å². The number of aromatic nitrogens is 4. The van der Waals surface area contributed by atoms with E-state index in [9.17, 15) is 0 Å². The van der Waals surface area contributed by atoms with Crippen molar-refractivity contribution in [3.63, 3.8) is 0 Å². The number of tetrazole rings is 1. The van der Waals surface area contributed by atoms with E-state index in [4.69, 9.17) is 0 Å². The molecular weight excluding hydrogens is 305 g/mol. The van der Waals surface area contributed by atoms with Gasteiger partial charge in [0, 0.05) is 3.57 Å². The van der Waals surface area contributed by atoms with E-state index in [1.165, 1.54) is 3.57 Å². The highest BCUT2D eigenvalue weighted by molar-refractivity contribution is 14.1. The molecule has 1 aromatic carbocycles. The van der Waals surface area contributed by atoms with Crippen LogP contribution in [0.4, 0.5) is 0 Å². The van der Waals surface area contributed by atoms with Gasteiger partial charge in [0.05, 0.1) is 12.2 Å². The van der Waals surface area contributed by atoms with Gasteiger partial charge in [0.25, 0.3) is 0 Å². The van der Waals surface area contributed by atoms with Crippen molar-refractivity contribution in [1.82, 2.24) is 25.5 Å². The number of nitrogens with zero attached hydrogens (tertiary/aromatic N) is 4. The largest absolute Gasteiger partial charge is 0.313 e. The Labute approximate surface area is 101 Å². The number of halogens is 1. The summed E-state index contributed by atoms with van der Waals surface area (Å²) in [5.41, 5.74) is 0.977. The predicted octanol–water partition coefficient (Wildman–Crippen LogP) is 0.986. The lowest BCUT2D eigenvalue weighted by Crippen LogP contribution is -2.12. The molecule has 0 amide bonds. The second-order valence-corrected chi connectivity index (χ2v) is 4.26. The summed E-state index contributed by atoms with van der Waals surface area (Å²) < 4.78 is 2.92. The van der Waals surface area contributed by atoms with Gasteiger partial charge in [0.2, 0.25) is 0 Å². The fraction of sp³-hybridized carbons (Fsp3) is 0.222. The van der Waals surface area contributed by atoms with Crippen molar-refractivity contribution < 1.29 is 0 Å². The van der Waals surface area contributed by atoms with Crippen molar-refractivity contribution in [1.29, 1.82) is 0 Å². The van der Waals surface area contributed by atoms with E-state index >= 15 is 0 Å². The van der Waals surface area contributed by atoms with Gasteiger partial charge < -0.3 is 5.32 Å². The summed E-state index contributed by atoms with van der Waals surface area (Å²) >= 11 is 2.27. The fourth-order valence-electron chi connectivity index (χ4n) is 1.26. The molecule has 0 aliphatic carbocycles. The summed E-state index contributed by atoms with van der Waals surface area (Å²) in [5.74, 6) is 0.804. The third kappa shape index (κ3) is 2.32. The van der Waals surface area contributed by atoms with Crippen LogP contribution in [0.3, 0.4) is 0 Å². The van der Waals surface area contributed by atoms with Crippen molar-refractivity contribution in [2.75, 3.05) is 7.05 Å². The monoisotopic (exact) mass is 315 g/mol. The number of nitrogens with one attached hydrogen (secondary N) is 1. The molecular formula is C9H10IN5. The first-order chi connectivity index (χ1) is 7.31. The molecule has 2 aromatic rings. The molecule has 0 spiro atoms. The molecule has 6 heteroatoms. The third-order valence-electron chi connectivity index (χ3n) is 1.94. The lowest BCUT2D eigenvalue weighted by molar-refractivity contribution is 0.709. The molecule has 0 aliphatic heterocycles. The molecule has 5 nitrogen and oxygen atoms in total. The number of benzene rings is 1. The van der Waals surface area contributed by atoms with Crippen LogP contribution in [-0.4, -0.2) is 27.3 Å². The summed E-state index contributed by atoms with van der Waals surface area (Å²) in [6.07, 6.45) is 0. The number of hydrogen-bond donors (Lipinski definition) is 1. The second-order valence-electron chi connectivity index (χ2n) is 3.01. The highest BCUT2D eigenvalue weighted by Gasteiger charge is 2.06. The summed E-state index contributed by atoms with van der Waals surface area (Å²) in [6, 6.07) is 8.05. The first kappa shape index (κ1) is 10.5. The number of hydrogen-bond acceptors (Lipinski definition) is 4. The van der Waals surface area contributed by atoms with Crippen molar-refractivity contribution in [3.05, 3.63) is 33.7 Å². The molecule has 0 saturated heterocycles. The van der Waals surface area contributed by atoms with Crippen molar-refractivity contribution in [2.24, 2.45) is 0 Å². The van der Waals surface area contributed by atoms with Gasteiger partial charge in [-0.15, -0.1) is 5.10 Å². The molecule has 0 radical (unpaired) electrons. The molecule has 0 aliphatic rings. The van der Waals surface area contributed by atoms with Crippen LogP contribution >= 0.6 is 22.6 Å². The maximum atomic E-state index is 3.95. The Morgan fingerprint density at radius 3 is 2.73 bits per heavy atom. The normalized spacial score (nSPS) is 10.5. The second kappa shape index (κ2) is 4.67. The topological polar surface area (TPSA) is 55.6 Å². The summed E-state index contributed by atoms with van der Waals surface area (Å²) in [5, 5.41) is 14.6. The van der Waals surface area contributed by atoms with E-state index in [1.807, 2.05) is 31.3 Å². The molecule has 0 atom stereocenters. The molecule has 1 heterocycles.